The summed E-state index contributed by atoms with van der Waals surface area (Å²) in [4.78, 5) is 39.7. The maximum Gasteiger partial charge on any atom is 0.271 e. The van der Waals surface area contributed by atoms with Crippen LogP contribution in [-0.4, -0.2) is 35.9 Å². The number of fused-ring (bicyclic) bond motifs is 1. The number of aryl methyl sites for hydroxylation is 2. The van der Waals surface area contributed by atoms with Crippen molar-refractivity contribution in [3.63, 3.8) is 0 Å². The van der Waals surface area contributed by atoms with Crippen molar-refractivity contribution in [2.24, 2.45) is 0 Å². The zero-order valence-corrected chi connectivity index (χ0v) is 18.8. The first-order valence-corrected chi connectivity index (χ1v) is 10.3. The van der Waals surface area contributed by atoms with Gasteiger partial charge in [0.1, 0.15) is 12.3 Å². The molecule has 2 N–H and O–H groups in total. The Morgan fingerprint density at radius 3 is 2.32 bits per heavy atom. The van der Waals surface area contributed by atoms with Crippen molar-refractivity contribution in [3.8, 4) is 5.75 Å². The SMILES string of the molecule is Cc1cc(C)cc(NC(=O)CN2C(=O)C(C)(C)Oc3ccc(C(=O)NC(C)C)cc32)c1. The van der Waals surface area contributed by atoms with Gasteiger partial charge in [-0.2, -0.15) is 0 Å². The van der Waals surface area contributed by atoms with Crippen LogP contribution in [0.3, 0.4) is 0 Å². The van der Waals surface area contributed by atoms with E-state index in [4.69, 9.17) is 4.74 Å². The van der Waals surface area contributed by atoms with Crippen molar-refractivity contribution < 1.29 is 19.1 Å². The molecule has 0 aliphatic carbocycles. The minimum Gasteiger partial charge on any atom is -0.476 e. The first-order valence-electron chi connectivity index (χ1n) is 10.3. The number of nitrogens with one attached hydrogen (secondary N) is 2. The summed E-state index contributed by atoms with van der Waals surface area (Å²) in [6, 6.07) is 10.6. The fourth-order valence-electron chi connectivity index (χ4n) is 3.60. The summed E-state index contributed by atoms with van der Waals surface area (Å²) in [6.07, 6.45) is 0. The molecule has 0 spiro atoms. The molecule has 7 nitrogen and oxygen atoms in total. The summed E-state index contributed by atoms with van der Waals surface area (Å²) in [6.45, 7) is 10.8. The standard InChI is InChI=1S/C24H29N3O4/c1-14(2)25-22(29)17-7-8-20-19(12-17)27(23(30)24(5,6)31-20)13-21(28)26-18-10-15(3)9-16(4)11-18/h7-12,14H,13H2,1-6H3,(H,25,29)(H,26,28). The van der Waals surface area contributed by atoms with Crippen LogP contribution in [0.1, 0.15) is 49.2 Å². The van der Waals surface area contributed by atoms with Crippen LogP contribution in [0.4, 0.5) is 11.4 Å². The van der Waals surface area contributed by atoms with Gasteiger partial charge in [-0.05, 0) is 83.0 Å². The fourth-order valence-corrected chi connectivity index (χ4v) is 3.60. The van der Waals surface area contributed by atoms with Crippen LogP contribution < -0.4 is 20.3 Å². The zero-order valence-electron chi connectivity index (χ0n) is 18.8. The van der Waals surface area contributed by atoms with E-state index in [0.29, 0.717) is 22.7 Å². The van der Waals surface area contributed by atoms with Gasteiger partial charge >= 0.3 is 0 Å². The van der Waals surface area contributed by atoms with Crippen LogP contribution >= 0.6 is 0 Å². The van der Waals surface area contributed by atoms with Crippen molar-refractivity contribution in [2.75, 3.05) is 16.8 Å². The fraction of sp³-hybridized carbons (Fsp3) is 0.375. The molecule has 0 bridgehead atoms. The quantitative estimate of drug-likeness (QED) is 0.769. The van der Waals surface area contributed by atoms with Crippen LogP contribution in [0.2, 0.25) is 0 Å². The van der Waals surface area contributed by atoms with E-state index in [2.05, 4.69) is 10.6 Å². The third kappa shape index (κ3) is 5.05. The molecule has 1 aliphatic rings. The number of nitrogens with zero attached hydrogens (tertiary/aromatic N) is 1. The smallest absolute Gasteiger partial charge is 0.271 e. The Hall–Kier alpha value is -3.35. The highest BCUT2D eigenvalue weighted by Gasteiger charge is 2.41. The highest BCUT2D eigenvalue weighted by atomic mass is 16.5. The number of carbonyl (C=O) groups is 3. The molecule has 0 atom stereocenters. The number of hydrogen-bond acceptors (Lipinski definition) is 4. The van der Waals surface area contributed by atoms with Gasteiger partial charge < -0.3 is 15.4 Å². The Bertz CT molecular complexity index is 1020. The van der Waals surface area contributed by atoms with Crippen molar-refractivity contribution >= 4 is 29.1 Å². The molecular weight excluding hydrogens is 394 g/mol. The highest BCUT2D eigenvalue weighted by molar-refractivity contribution is 6.08. The summed E-state index contributed by atoms with van der Waals surface area (Å²) >= 11 is 0. The number of carbonyl (C=O) groups excluding carboxylic acids is 3. The van der Waals surface area contributed by atoms with Crippen molar-refractivity contribution in [3.05, 3.63) is 53.1 Å². The molecule has 2 aromatic carbocycles. The van der Waals surface area contributed by atoms with E-state index in [1.54, 1.807) is 32.0 Å². The predicted molar refractivity (Wildman–Crippen MR) is 121 cm³/mol. The number of hydrogen-bond donors (Lipinski definition) is 2. The van der Waals surface area contributed by atoms with Crippen molar-refractivity contribution in [1.82, 2.24) is 5.32 Å². The molecule has 3 rings (SSSR count). The van der Waals surface area contributed by atoms with E-state index < -0.39 is 5.60 Å². The minimum absolute atomic E-state index is 0.0278. The van der Waals surface area contributed by atoms with Gasteiger partial charge in [0.2, 0.25) is 5.91 Å². The third-order valence-corrected chi connectivity index (χ3v) is 4.86. The Balaban J connectivity index is 1.90. The van der Waals surface area contributed by atoms with Crippen LogP contribution in [-0.2, 0) is 9.59 Å². The summed E-state index contributed by atoms with van der Waals surface area (Å²) < 4.78 is 5.85. The molecule has 3 amide bonds. The van der Waals surface area contributed by atoms with Crippen LogP contribution in [0, 0.1) is 13.8 Å². The Morgan fingerprint density at radius 1 is 1.06 bits per heavy atom. The molecule has 0 saturated heterocycles. The predicted octanol–water partition coefficient (Wildman–Crippen LogP) is 3.58. The largest absolute Gasteiger partial charge is 0.476 e. The van der Waals surface area contributed by atoms with Crippen LogP contribution in [0.5, 0.6) is 5.75 Å². The van der Waals surface area contributed by atoms with E-state index in [1.807, 2.05) is 45.9 Å². The lowest BCUT2D eigenvalue weighted by atomic mass is 10.0. The minimum atomic E-state index is -1.13. The topological polar surface area (TPSA) is 87.7 Å². The summed E-state index contributed by atoms with van der Waals surface area (Å²) in [7, 11) is 0. The Labute approximate surface area is 182 Å². The first-order chi connectivity index (χ1) is 14.5. The molecule has 0 radical (unpaired) electrons. The molecule has 0 aromatic heterocycles. The van der Waals surface area contributed by atoms with Crippen molar-refractivity contribution in [1.29, 1.82) is 0 Å². The average molecular weight is 424 g/mol. The number of amides is 3. The number of anilines is 2. The average Bonchev–Trinajstić information content (AvgIpc) is 2.63. The van der Waals surface area contributed by atoms with Gasteiger partial charge in [0.25, 0.3) is 11.8 Å². The lowest BCUT2D eigenvalue weighted by molar-refractivity contribution is -0.133. The Kier molecular flexibility index (Phi) is 6.06. The van der Waals surface area contributed by atoms with Gasteiger partial charge in [0.05, 0.1) is 5.69 Å². The first kappa shape index (κ1) is 22.3. The molecule has 164 valence electrons. The molecule has 31 heavy (non-hydrogen) atoms. The summed E-state index contributed by atoms with van der Waals surface area (Å²) in [5.74, 6) is -0.490. The maximum atomic E-state index is 13.1. The van der Waals surface area contributed by atoms with Gasteiger partial charge in [-0.15, -0.1) is 0 Å². The van der Waals surface area contributed by atoms with Gasteiger partial charge in [-0.3, -0.25) is 19.3 Å². The monoisotopic (exact) mass is 423 g/mol. The van der Waals surface area contributed by atoms with Gasteiger partial charge in [0.15, 0.2) is 5.60 Å². The highest BCUT2D eigenvalue weighted by Crippen LogP contribution is 2.38. The normalized spacial score (nSPS) is 14.7. The third-order valence-electron chi connectivity index (χ3n) is 4.86. The second-order valence-corrected chi connectivity index (χ2v) is 8.74. The summed E-state index contributed by atoms with van der Waals surface area (Å²) in [5.41, 5.74) is 2.40. The number of ether oxygens (including phenoxy) is 1. The molecule has 0 unspecified atom stereocenters. The molecule has 0 saturated carbocycles. The zero-order chi connectivity index (χ0) is 22.9. The van der Waals surface area contributed by atoms with Crippen molar-refractivity contribution in [2.45, 2.75) is 53.2 Å². The molecule has 0 fully saturated rings. The van der Waals surface area contributed by atoms with Gasteiger partial charge in [-0.1, -0.05) is 6.07 Å². The molecule has 1 heterocycles. The lowest BCUT2D eigenvalue weighted by Gasteiger charge is -2.38. The van der Waals surface area contributed by atoms with E-state index in [-0.39, 0.29) is 30.3 Å². The molecule has 1 aliphatic heterocycles. The van der Waals surface area contributed by atoms with E-state index in [9.17, 15) is 14.4 Å². The second-order valence-electron chi connectivity index (χ2n) is 8.74. The number of rotatable bonds is 5. The van der Waals surface area contributed by atoms with Crippen LogP contribution in [0.15, 0.2) is 36.4 Å². The molecule has 7 heteroatoms. The Morgan fingerprint density at radius 2 is 1.71 bits per heavy atom. The van der Waals surface area contributed by atoms with E-state index in [0.717, 1.165) is 11.1 Å². The van der Waals surface area contributed by atoms with Gasteiger partial charge in [-0.25, -0.2) is 0 Å². The molecular formula is C24H29N3O4. The second kappa shape index (κ2) is 8.41. The van der Waals surface area contributed by atoms with Gasteiger partial charge in [0, 0.05) is 17.3 Å². The lowest BCUT2D eigenvalue weighted by Crippen LogP contribution is -2.54. The maximum absolute atomic E-state index is 13.1. The van der Waals surface area contributed by atoms with Crippen LogP contribution in [0.25, 0.3) is 0 Å². The summed E-state index contributed by atoms with van der Waals surface area (Å²) in [5, 5.41) is 5.69. The number of benzene rings is 2. The van der Waals surface area contributed by atoms with E-state index >= 15 is 0 Å². The molecule has 2 aromatic rings. The van der Waals surface area contributed by atoms with E-state index in [1.165, 1.54) is 4.90 Å².